The summed E-state index contributed by atoms with van der Waals surface area (Å²) in [4.78, 5) is 13.9. The zero-order chi connectivity index (χ0) is 11.6. The van der Waals surface area contributed by atoms with Crippen molar-refractivity contribution in [3.63, 3.8) is 0 Å². The number of nitrogens with zero attached hydrogens (tertiary/aromatic N) is 1. The molecule has 16 heavy (non-hydrogen) atoms. The molecule has 1 saturated carbocycles. The number of hydrogen-bond donors (Lipinski definition) is 2. The quantitative estimate of drug-likeness (QED) is 0.744. The van der Waals surface area contributed by atoms with Crippen LogP contribution in [-0.4, -0.2) is 42.6 Å². The lowest BCUT2D eigenvalue weighted by Gasteiger charge is -2.40. The van der Waals surface area contributed by atoms with Gasteiger partial charge in [-0.3, -0.25) is 0 Å². The molecule has 2 aliphatic rings. The largest absolute Gasteiger partial charge is 0.335 e. The molecule has 0 aromatic carbocycles. The van der Waals surface area contributed by atoms with Crippen LogP contribution in [0.5, 0.6) is 0 Å². The Bertz CT molecular complexity index is 255. The Labute approximate surface area is 97.8 Å². The highest BCUT2D eigenvalue weighted by Gasteiger charge is 2.31. The molecular weight excluding hydrogens is 202 g/mol. The van der Waals surface area contributed by atoms with Crippen molar-refractivity contribution < 1.29 is 4.79 Å². The van der Waals surface area contributed by atoms with E-state index in [0.29, 0.717) is 6.04 Å². The zero-order valence-electron chi connectivity index (χ0n) is 10.4. The molecular formula is C12H23N3O. The standard InChI is InChI=1S/C12H23N3O/c1-12(13-2)6-8-15(9-7-12)11(16)14-10-4-3-5-10/h10,13H,3-9H2,1-2H3,(H,14,16). The molecule has 1 aliphatic heterocycles. The Morgan fingerprint density at radius 3 is 2.38 bits per heavy atom. The summed E-state index contributed by atoms with van der Waals surface area (Å²) < 4.78 is 0. The normalized spacial score (nSPS) is 25.0. The summed E-state index contributed by atoms with van der Waals surface area (Å²) >= 11 is 0. The lowest BCUT2D eigenvalue weighted by Crippen LogP contribution is -2.55. The molecule has 0 radical (unpaired) electrons. The Balaban J connectivity index is 1.77. The third kappa shape index (κ3) is 2.48. The van der Waals surface area contributed by atoms with E-state index in [1.807, 2.05) is 11.9 Å². The van der Waals surface area contributed by atoms with E-state index in [2.05, 4.69) is 17.6 Å². The SMILES string of the molecule is CNC1(C)CCN(C(=O)NC2CCC2)CC1. The van der Waals surface area contributed by atoms with Gasteiger partial charge in [0.1, 0.15) is 0 Å². The molecule has 0 atom stereocenters. The number of urea groups is 1. The van der Waals surface area contributed by atoms with Crippen molar-refractivity contribution >= 4 is 6.03 Å². The van der Waals surface area contributed by atoms with Crippen LogP contribution in [0.15, 0.2) is 0 Å². The van der Waals surface area contributed by atoms with Crippen LogP contribution in [0.4, 0.5) is 4.79 Å². The number of amides is 2. The van der Waals surface area contributed by atoms with Gasteiger partial charge < -0.3 is 15.5 Å². The van der Waals surface area contributed by atoms with Crippen LogP contribution in [-0.2, 0) is 0 Å². The van der Waals surface area contributed by atoms with E-state index >= 15 is 0 Å². The van der Waals surface area contributed by atoms with Crippen LogP contribution in [0.3, 0.4) is 0 Å². The summed E-state index contributed by atoms with van der Waals surface area (Å²) in [5, 5.41) is 6.44. The summed E-state index contributed by atoms with van der Waals surface area (Å²) in [6.07, 6.45) is 5.67. The molecule has 4 heteroatoms. The lowest BCUT2D eigenvalue weighted by atomic mass is 9.90. The summed E-state index contributed by atoms with van der Waals surface area (Å²) in [6, 6.07) is 0.591. The Hall–Kier alpha value is -0.770. The average molecular weight is 225 g/mol. The van der Waals surface area contributed by atoms with Crippen LogP contribution in [0.1, 0.15) is 39.0 Å². The average Bonchev–Trinajstić information content (AvgIpc) is 2.24. The van der Waals surface area contributed by atoms with Crippen molar-refractivity contribution in [2.45, 2.75) is 50.6 Å². The van der Waals surface area contributed by atoms with E-state index < -0.39 is 0 Å². The molecule has 2 amide bonds. The van der Waals surface area contributed by atoms with Gasteiger partial charge in [-0.1, -0.05) is 0 Å². The molecule has 1 aliphatic carbocycles. The van der Waals surface area contributed by atoms with Crippen LogP contribution < -0.4 is 10.6 Å². The minimum Gasteiger partial charge on any atom is -0.335 e. The number of rotatable bonds is 2. The second-order valence-corrected chi connectivity index (χ2v) is 5.38. The third-order valence-corrected chi connectivity index (χ3v) is 4.19. The molecule has 2 fully saturated rings. The van der Waals surface area contributed by atoms with Gasteiger partial charge in [0.2, 0.25) is 0 Å². The van der Waals surface area contributed by atoms with Crippen molar-refractivity contribution in [1.82, 2.24) is 15.5 Å². The van der Waals surface area contributed by atoms with Gasteiger partial charge in [0.25, 0.3) is 0 Å². The maximum absolute atomic E-state index is 11.9. The number of hydrogen-bond acceptors (Lipinski definition) is 2. The minimum absolute atomic E-state index is 0.142. The van der Waals surface area contributed by atoms with Gasteiger partial charge in [-0.05, 0) is 46.1 Å². The van der Waals surface area contributed by atoms with Crippen molar-refractivity contribution in [3.05, 3.63) is 0 Å². The Kier molecular flexibility index (Phi) is 3.38. The van der Waals surface area contributed by atoms with Gasteiger partial charge in [0, 0.05) is 24.7 Å². The molecule has 0 aromatic heterocycles. The van der Waals surface area contributed by atoms with Crippen molar-refractivity contribution in [2.24, 2.45) is 0 Å². The fourth-order valence-corrected chi connectivity index (χ4v) is 2.27. The maximum Gasteiger partial charge on any atom is 0.317 e. The highest BCUT2D eigenvalue weighted by Crippen LogP contribution is 2.22. The first-order valence-electron chi connectivity index (χ1n) is 6.37. The molecule has 0 aromatic rings. The first kappa shape index (κ1) is 11.7. The van der Waals surface area contributed by atoms with E-state index in [-0.39, 0.29) is 11.6 Å². The molecule has 4 nitrogen and oxygen atoms in total. The van der Waals surface area contributed by atoms with Crippen molar-refractivity contribution in [3.8, 4) is 0 Å². The van der Waals surface area contributed by atoms with Crippen LogP contribution in [0, 0.1) is 0 Å². The van der Waals surface area contributed by atoms with Crippen LogP contribution in [0.2, 0.25) is 0 Å². The molecule has 1 heterocycles. The summed E-state index contributed by atoms with van der Waals surface area (Å²) in [5.41, 5.74) is 0.216. The van der Waals surface area contributed by atoms with Crippen molar-refractivity contribution in [2.75, 3.05) is 20.1 Å². The predicted molar refractivity (Wildman–Crippen MR) is 64.4 cm³/mol. The Morgan fingerprint density at radius 1 is 1.31 bits per heavy atom. The lowest BCUT2D eigenvalue weighted by molar-refractivity contribution is 0.146. The third-order valence-electron chi connectivity index (χ3n) is 4.19. The zero-order valence-corrected chi connectivity index (χ0v) is 10.4. The number of piperidine rings is 1. The fraction of sp³-hybridized carbons (Fsp3) is 0.917. The molecule has 1 saturated heterocycles. The molecule has 2 rings (SSSR count). The molecule has 92 valence electrons. The first-order valence-corrected chi connectivity index (χ1v) is 6.37. The monoisotopic (exact) mass is 225 g/mol. The first-order chi connectivity index (χ1) is 7.63. The minimum atomic E-state index is 0.142. The second kappa shape index (κ2) is 4.62. The number of carbonyl (C=O) groups is 1. The van der Waals surface area contributed by atoms with Gasteiger partial charge in [-0.25, -0.2) is 4.79 Å². The molecule has 0 bridgehead atoms. The molecule has 2 N–H and O–H groups in total. The van der Waals surface area contributed by atoms with E-state index in [4.69, 9.17) is 0 Å². The molecule has 0 spiro atoms. The van der Waals surface area contributed by atoms with E-state index in [9.17, 15) is 4.79 Å². The topological polar surface area (TPSA) is 44.4 Å². The number of nitrogens with one attached hydrogen (secondary N) is 2. The summed E-state index contributed by atoms with van der Waals surface area (Å²) in [7, 11) is 2.00. The maximum atomic E-state index is 11.9. The summed E-state index contributed by atoms with van der Waals surface area (Å²) in [6.45, 7) is 3.97. The highest BCUT2D eigenvalue weighted by molar-refractivity contribution is 5.74. The van der Waals surface area contributed by atoms with E-state index in [1.54, 1.807) is 0 Å². The predicted octanol–water partition coefficient (Wildman–Crippen LogP) is 1.32. The van der Waals surface area contributed by atoms with Gasteiger partial charge in [0.15, 0.2) is 0 Å². The van der Waals surface area contributed by atoms with Crippen LogP contribution >= 0.6 is 0 Å². The highest BCUT2D eigenvalue weighted by atomic mass is 16.2. The fourth-order valence-electron chi connectivity index (χ4n) is 2.27. The smallest absolute Gasteiger partial charge is 0.317 e. The van der Waals surface area contributed by atoms with E-state index in [0.717, 1.165) is 38.8 Å². The summed E-state index contributed by atoms with van der Waals surface area (Å²) in [5.74, 6) is 0. The van der Waals surface area contributed by atoms with Crippen molar-refractivity contribution in [1.29, 1.82) is 0 Å². The van der Waals surface area contributed by atoms with Gasteiger partial charge in [0.05, 0.1) is 0 Å². The van der Waals surface area contributed by atoms with Gasteiger partial charge in [-0.2, -0.15) is 0 Å². The second-order valence-electron chi connectivity index (χ2n) is 5.38. The number of likely N-dealkylation sites (tertiary alicyclic amines) is 1. The number of carbonyl (C=O) groups excluding carboxylic acids is 1. The van der Waals surface area contributed by atoms with Crippen LogP contribution in [0.25, 0.3) is 0 Å². The Morgan fingerprint density at radius 2 is 1.94 bits per heavy atom. The molecule has 0 unspecified atom stereocenters. The van der Waals surface area contributed by atoms with Gasteiger partial charge >= 0.3 is 6.03 Å². The van der Waals surface area contributed by atoms with E-state index in [1.165, 1.54) is 6.42 Å². The van der Waals surface area contributed by atoms with Gasteiger partial charge in [-0.15, -0.1) is 0 Å².